The van der Waals surface area contributed by atoms with Crippen LogP contribution in [0.2, 0.25) is 0 Å². The van der Waals surface area contributed by atoms with E-state index in [1.165, 1.54) is 43.3 Å². The molecule has 0 aromatic heterocycles. The zero-order chi connectivity index (χ0) is 88.5. The number of hydrogen-bond donors (Lipinski definition) is 0. The van der Waals surface area contributed by atoms with Crippen LogP contribution in [0, 0.1) is 50.2 Å². The minimum atomic E-state index is -2.32. The van der Waals surface area contributed by atoms with Crippen molar-refractivity contribution in [3.63, 3.8) is 0 Å². The molecule has 0 spiro atoms. The highest BCUT2D eigenvalue weighted by Gasteiger charge is 2.71. The largest absolute Gasteiger partial charge is 0.463 e. The van der Waals surface area contributed by atoms with Gasteiger partial charge in [0, 0.05) is 27.7 Å². The van der Waals surface area contributed by atoms with Crippen LogP contribution in [-0.2, 0) is 134 Å². The molecule has 6 fully saturated rings. The van der Waals surface area contributed by atoms with Gasteiger partial charge in [-0.2, -0.15) is 0 Å². The van der Waals surface area contributed by atoms with Crippen LogP contribution in [0.3, 0.4) is 0 Å². The summed E-state index contributed by atoms with van der Waals surface area (Å²) in [6.45, 7) is 17.8. The van der Waals surface area contributed by atoms with Gasteiger partial charge in [0.15, 0.2) is 36.8 Å². The maximum Gasteiger partial charge on any atom is 0.353 e. The molecule has 0 amide bonds. The first kappa shape index (κ1) is 90.7. The van der Waals surface area contributed by atoms with Crippen LogP contribution in [0.5, 0.6) is 0 Å². The lowest BCUT2D eigenvalue weighted by Gasteiger charge is -2.71. The molecule has 4 saturated carbocycles. The topological polar surface area (TPSA) is 335 Å². The summed E-state index contributed by atoms with van der Waals surface area (Å²) in [5.41, 5.74) is -0.779. The van der Waals surface area contributed by atoms with E-state index >= 15 is 24.0 Å². The molecule has 0 bridgehead atoms. The standard InChI is InChI=1S/C97H110O27/c1-58(98)109-56-70-75(114-59(2)99)76(115-60(3)100)80(116-61(4)101)89(117-70)124-91(108)97-50-48-92(5,6)52-69(97)68-42-43-72-94(9)46-45-73(93(7,8)71(94)44-47-96(72,11)95(68,10)49-51-97)118-90-81(120-84(104)66-38-26-16-27-39-66)78(77(119-83(103)65-36-24-15-25-37-65)79(123-90)86(106)111-54-63-32-20-13-21-33-63)122-88(113-57-74(102)110-53-62-30-18-12-19-31-62)82(121-85(105)67-40-28-17-29-41-67)87(107)112-55-64-34-22-14-23-35-64/h12-42,69-73,75-82,88-90H,43-57H2,1-11H3/t69-,70+,71-,72+,73-,75+,76-,77-,78-,79-,80+,81+,82+,88-,89-,90+,94-,95+,96+,97-/m0/s1. The molecular formula is C97H110O27. The molecule has 20 atom stereocenters. The molecule has 27 heteroatoms. The number of ether oxygens (including phenoxy) is 16. The SMILES string of the molecule is CC(=O)OC[C@H]1O[C@@H](OC(=O)[C@]23CCC(C)(C)C[C@H]2C2=CC[C@@H]4[C@@]5(C)CC[C@H](O[C@@H]6O[C@H](C(=O)OCc7ccccc7)[C@@H](OC(=O)c7ccccc7)[C@H](O[C@H](OCC(=O)OCc7ccccc7)[C@H](OC(=O)c7ccccc7)C(=O)OCc7ccccc7)[C@H]6OC(=O)c6ccccc6)C(C)(C)[C@@H]5CC[C@@]4(C)[C@]2(C)CC3)[C@H](OC(C)=O)[C@@H](OC(C)=O)[C@@H]1OC(C)=O. The highest BCUT2D eigenvalue weighted by molar-refractivity contribution is 5.92. The van der Waals surface area contributed by atoms with E-state index in [0.29, 0.717) is 80.9 Å². The van der Waals surface area contributed by atoms with Gasteiger partial charge in [-0.3, -0.25) is 24.0 Å². The normalized spacial score (nSPS) is 29.9. The Morgan fingerprint density at radius 2 is 0.952 bits per heavy atom. The van der Waals surface area contributed by atoms with Crippen molar-refractivity contribution in [3.8, 4) is 0 Å². The summed E-state index contributed by atoms with van der Waals surface area (Å²) in [5.74, 6) is -10.8. The van der Waals surface area contributed by atoms with Gasteiger partial charge in [0.1, 0.15) is 45.2 Å². The van der Waals surface area contributed by atoms with Crippen molar-refractivity contribution in [3.05, 3.63) is 227 Å². The third-order valence-electron chi connectivity index (χ3n) is 26.8. The van der Waals surface area contributed by atoms with Crippen LogP contribution in [0.15, 0.2) is 194 Å². The maximum absolute atomic E-state index is 15.9. The van der Waals surface area contributed by atoms with Gasteiger partial charge in [-0.05, 0) is 162 Å². The molecule has 660 valence electrons. The quantitative estimate of drug-likeness (QED) is 0.0138. The van der Waals surface area contributed by atoms with E-state index in [1.807, 2.05) is 0 Å². The third-order valence-corrected chi connectivity index (χ3v) is 26.8. The first-order valence-corrected chi connectivity index (χ1v) is 42.4. The minimum absolute atomic E-state index is 0.0154. The lowest BCUT2D eigenvalue weighted by Crippen LogP contribution is -2.67. The molecule has 124 heavy (non-hydrogen) atoms. The molecule has 0 radical (unpaired) electrons. The van der Waals surface area contributed by atoms with E-state index in [4.69, 9.17) is 75.8 Å². The lowest BCUT2D eigenvalue weighted by atomic mass is 9.33. The Labute approximate surface area is 721 Å². The number of benzene rings is 6. The van der Waals surface area contributed by atoms with Gasteiger partial charge in [-0.1, -0.05) is 206 Å². The lowest BCUT2D eigenvalue weighted by molar-refractivity contribution is -0.344. The first-order chi connectivity index (χ1) is 59.2. The number of carbonyl (C=O) groups is 11. The van der Waals surface area contributed by atoms with Crippen LogP contribution < -0.4 is 0 Å². The van der Waals surface area contributed by atoms with Crippen LogP contribution in [0.4, 0.5) is 0 Å². The van der Waals surface area contributed by atoms with E-state index < -0.39 is 186 Å². The number of hydrogen-bond acceptors (Lipinski definition) is 27. The van der Waals surface area contributed by atoms with E-state index in [1.54, 1.807) is 146 Å². The van der Waals surface area contributed by atoms with E-state index in [-0.39, 0.29) is 59.7 Å². The smallest absolute Gasteiger partial charge is 0.353 e. The van der Waals surface area contributed by atoms with Crippen molar-refractivity contribution in [1.29, 1.82) is 0 Å². The predicted molar refractivity (Wildman–Crippen MR) is 441 cm³/mol. The molecule has 7 aliphatic rings. The Kier molecular flexibility index (Phi) is 28.3. The fraction of sp³-hybridized carbons (Fsp3) is 0.495. The predicted octanol–water partition coefficient (Wildman–Crippen LogP) is 14.2. The van der Waals surface area contributed by atoms with Gasteiger partial charge in [-0.15, -0.1) is 0 Å². The fourth-order valence-electron chi connectivity index (χ4n) is 20.4. The number of allylic oxidation sites excluding steroid dienone is 2. The number of fused-ring (bicyclic) bond motifs is 7. The Morgan fingerprint density at radius 3 is 1.51 bits per heavy atom. The Hall–Kier alpha value is -11.0. The second-order valence-electron chi connectivity index (χ2n) is 35.5. The molecule has 5 aliphatic carbocycles. The second-order valence-corrected chi connectivity index (χ2v) is 35.5. The van der Waals surface area contributed by atoms with E-state index in [0.717, 1.165) is 26.3 Å². The van der Waals surface area contributed by atoms with Crippen molar-refractivity contribution in [2.75, 3.05) is 13.2 Å². The average Bonchev–Trinajstić information content (AvgIpc) is 0.673. The molecule has 2 saturated heterocycles. The number of rotatable bonds is 29. The summed E-state index contributed by atoms with van der Waals surface area (Å²) >= 11 is 0. The minimum Gasteiger partial charge on any atom is -0.463 e. The highest BCUT2D eigenvalue weighted by atomic mass is 16.8. The zero-order valence-corrected chi connectivity index (χ0v) is 71.8. The van der Waals surface area contributed by atoms with Gasteiger partial charge in [-0.25, -0.2) is 28.8 Å². The van der Waals surface area contributed by atoms with Crippen molar-refractivity contribution >= 4 is 65.7 Å². The molecule has 2 aliphatic heterocycles. The summed E-state index contributed by atoms with van der Waals surface area (Å²) in [7, 11) is 0. The monoisotopic (exact) mass is 1710 g/mol. The molecule has 0 unspecified atom stereocenters. The summed E-state index contributed by atoms with van der Waals surface area (Å²) in [4.78, 5) is 157. The summed E-state index contributed by atoms with van der Waals surface area (Å²) < 4.78 is 101. The number of esters is 11. The summed E-state index contributed by atoms with van der Waals surface area (Å²) in [5, 5.41) is 0. The first-order valence-electron chi connectivity index (χ1n) is 42.4. The molecule has 6 aromatic carbocycles. The Bertz CT molecular complexity index is 4830. The van der Waals surface area contributed by atoms with Crippen LogP contribution in [0.1, 0.15) is 188 Å². The van der Waals surface area contributed by atoms with Gasteiger partial charge >= 0.3 is 65.7 Å². The average molecular weight is 1710 g/mol. The molecule has 13 rings (SSSR count). The van der Waals surface area contributed by atoms with Crippen molar-refractivity contribution in [2.45, 2.75) is 240 Å². The maximum atomic E-state index is 15.9. The van der Waals surface area contributed by atoms with Crippen LogP contribution in [0.25, 0.3) is 0 Å². The second kappa shape index (κ2) is 38.7. The van der Waals surface area contributed by atoms with E-state index in [9.17, 15) is 28.8 Å². The molecule has 2 heterocycles. The number of carbonyl (C=O) groups excluding carboxylic acids is 11. The summed E-state index contributed by atoms with van der Waals surface area (Å²) in [6.07, 6.45) is -15.4. The van der Waals surface area contributed by atoms with Crippen molar-refractivity contribution in [2.24, 2.45) is 50.2 Å². The van der Waals surface area contributed by atoms with Gasteiger partial charge < -0.3 is 75.8 Å². The summed E-state index contributed by atoms with van der Waals surface area (Å²) in [6, 6.07) is 49.5. The van der Waals surface area contributed by atoms with Gasteiger partial charge in [0.2, 0.25) is 24.8 Å². The zero-order valence-electron chi connectivity index (χ0n) is 71.8. The molecule has 6 aromatic rings. The Balaban J connectivity index is 0.871. The van der Waals surface area contributed by atoms with Crippen molar-refractivity contribution in [1.82, 2.24) is 0 Å². The third kappa shape index (κ3) is 20.0. The Morgan fingerprint density at radius 1 is 0.452 bits per heavy atom. The fourth-order valence-corrected chi connectivity index (χ4v) is 20.4. The van der Waals surface area contributed by atoms with Crippen LogP contribution in [-0.4, -0.2) is 159 Å². The molecular weight excluding hydrogens is 1600 g/mol. The molecule has 27 nitrogen and oxygen atoms in total. The van der Waals surface area contributed by atoms with Crippen molar-refractivity contribution < 1.29 is 129 Å². The highest BCUT2D eigenvalue weighted by Crippen LogP contribution is 2.76. The van der Waals surface area contributed by atoms with E-state index in [2.05, 4.69) is 54.5 Å². The molecule has 0 N–H and O–H groups in total. The van der Waals surface area contributed by atoms with Gasteiger partial charge in [0.05, 0.1) is 28.2 Å². The van der Waals surface area contributed by atoms with Crippen LogP contribution >= 0.6 is 0 Å². The van der Waals surface area contributed by atoms with Gasteiger partial charge in [0.25, 0.3) is 0 Å².